The highest BCUT2D eigenvalue weighted by Gasteiger charge is 2.21. The summed E-state index contributed by atoms with van der Waals surface area (Å²) in [4.78, 5) is 25.7. The summed E-state index contributed by atoms with van der Waals surface area (Å²) in [6.07, 6.45) is 1.45. The summed E-state index contributed by atoms with van der Waals surface area (Å²) in [5.41, 5.74) is 0.598. The molecule has 92 valence electrons. The minimum atomic E-state index is -0.866. The molecule has 0 bridgehead atoms. The van der Waals surface area contributed by atoms with Gasteiger partial charge in [0.1, 0.15) is 4.34 Å². The van der Waals surface area contributed by atoms with Crippen molar-refractivity contribution in [2.24, 2.45) is 0 Å². The van der Waals surface area contributed by atoms with E-state index in [-0.39, 0.29) is 18.4 Å². The molecule has 1 aliphatic rings. The van der Waals surface area contributed by atoms with Crippen LogP contribution in [0.3, 0.4) is 0 Å². The minimum Gasteiger partial charge on any atom is -0.481 e. The molecule has 5 nitrogen and oxygen atoms in total. The van der Waals surface area contributed by atoms with Crippen LogP contribution in [0.2, 0.25) is 0 Å². The number of thioether (sulfide) groups is 1. The van der Waals surface area contributed by atoms with Crippen molar-refractivity contribution in [1.82, 2.24) is 10.3 Å². The maximum Gasteiger partial charge on any atom is 0.309 e. The van der Waals surface area contributed by atoms with E-state index in [0.717, 1.165) is 16.5 Å². The summed E-state index contributed by atoms with van der Waals surface area (Å²) in [6, 6.07) is 0.222. The Kier molecular flexibility index (Phi) is 4.01. The predicted octanol–water partition coefficient (Wildman–Crippen LogP) is 1.14. The number of carbonyl (C=O) groups is 2. The largest absolute Gasteiger partial charge is 0.481 e. The molecule has 0 saturated carbocycles. The van der Waals surface area contributed by atoms with Gasteiger partial charge in [0.25, 0.3) is 0 Å². The van der Waals surface area contributed by atoms with Crippen LogP contribution in [0.5, 0.6) is 0 Å². The molecule has 1 aliphatic heterocycles. The van der Waals surface area contributed by atoms with Crippen LogP contribution in [-0.2, 0) is 16.0 Å². The van der Waals surface area contributed by atoms with E-state index in [2.05, 4.69) is 10.3 Å². The standard InChI is InChI=1S/C10H12N2O3S2/c13-8-2-1-6(11-8)4-16-10-12-7(5-17-10)3-9(14)15/h5-6H,1-4H2,(H,11,13)(H,14,15). The fraction of sp³-hybridized carbons (Fsp3) is 0.500. The van der Waals surface area contributed by atoms with E-state index in [9.17, 15) is 9.59 Å². The van der Waals surface area contributed by atoms with E-state index < -0.39 is 5.97 Å². The molecular weight excluding hydrogens is 260 g/mol. The third kappa shape index (κ3) is 3.71. The van der Waals surface area contributed by atoms with Gasteiger partial charge in [-0.2, -0.15) is 0 Å². The molecule has 17 heavy (non-hydrogen) atoms. The molecular formula is C10H12N2O3S2. The molecule has 1 unspecified atom stereocenters. The van der Waals surface area contributed by atoms with Gasteiger partial charge in [0.15, 0.2) is 0 Å². The summed E-state index contributed by atoms with van der Waals surface area (Å²) < 4.78 is 0.863. The Morgan fingerprint density at radius 3 is 3.18 bits per heavy atom. The van der Waals surface area contributed by atoms with Gasteiger partial charge < -0.3 is 10.4 Å². The Balaban J connectivity index is 1.81. The van der Waals surface area contributed by atoms with Gasteiger partial charge in [-0.15, -0.1) is 11.3 Å². The maximum atomic E-state index is 11.0. The first-order valence-electron chi connectivity index (χ1n) is 5.22. The highest BCUT2D eigenvalue weighted by atomic mass is 32.2. The van der Waals surface area contributed by atoms with Gasteiger partial charge in [0.05, 0.1) is 12.1 Å². The average molecular weight is 272 g/mol. The van der Waals surface area contributed by atoms with E-state index in [1.807, 2.05) is 0 Å². The molecule has 0 aliphatic carbocycles. The van der Waals surface area contributed by atoms with Gasteiger partial charge in [0, 0.05) is 23.6 Å². The number of amides is 1. The third-order valence-corrected chi connectivity index (χ3v) is 4.59. The Morgan fingerprint density at radius 1 is 1.71 bits per heavy atom. The van der Waals surface area contributed by atoms with E-state index in [4.69, 9.17) is 5.11 Å². The van der Waals surface area contributed by atoms with Crippen molar-refractivity contribution in [1.29, 1.82) is 0 Å². The van der Waals surface area contributed by atoms with Gasteiger partial charge in [-0.3, -0.25) is 9.59 Å². The zero-order valence-electron chi connectivity index (χ0n) is 9.01. The Hall–Kier alpha value is -1.08. The van der Waals surface area contributed by atoms with Crippen LogP contribution in [-0.4, -0.2) is 33.8 Å². The number of nitrogens with zero attached hydrogens (tertiary/aromatic N) is 1. The fourth-order valence-electron chi connectivity index (χ4n) is 1.57. The molecule has 2 N–H and O–H groups in total. The number of rotatable bonds is 5. The zero-order chi connectivity index (χ0) is 12.3. The van der Waals surface area contributed by atoms with Crippen molar-refractivity contribution >= 4 is 35.0 Å². The number of thiazole rings is 1. The Morgan fingerprint density at radius 2 is 2.53 bits per heavy atom. The third-order valence-electron chi connectivity index (χ3n) is 2.36. The van der Waals surface area contributed by atoms with Gasteiger partial charge in [-0.05, 0) is 6.42 Å². The van der Waals surface area contributed by atoms with Crippen LogP contribution in [0, 0.1) is 0 Å². The summed E-state index contributed by atoms with van der Waals surface area (Å²) in [5.74, 6) is 0.0439. The molecule has 0 spiro atoms. The number of aliphatic carboxylic acids is 1. The lowest BCUT2D eigenvalue weighted by Crippen LogP contribution is -2.27. The number of aromatic nitrogens is 1. The fourth-order valence-corrected chi connectivity index (χ4v) is 3.50. The molecule has 1 aromatic heterocycles. The lowest BCUT2D eigenvalue weighted by Gasteiger charge is -2.06. The smallest absolute Gasteiger partial charge is 0.309 e. The van der Waals surface area contributed by atoms with Gasteiger partial charge in [-0.25, -0.2) is 4.98 Å². The zero-order valence-corrected chi connectivity index (χ0v) is 10.6. The number of hydrogen-bond donors (Lipinski definition) is 2. The summed E-state index contributed by atoms with van der Waals surface area (Å²) in [5, 5.41) is 13.3. The van der Waals surface area contributed by atoms with Crippen LogP contribution in [0.1, 0.15) is 18.5 Å². The lowest BCUT2D eigenvalue weighted by molar-refractivity contribution is -0.136. The lowest BCUT2D eigenvalue weighted by atomic mass is 10.2. The molecule has 0 aromatic carbocycles. The van der Waals surface area contributed by atoms with Crippen LogP contribution in [0.15, 0.2) is 9.72 Å². The Labute approximate surface area is 107 Å². The normalized spacial score (nSPS) is 19.3. The van der Waals surface area contributed by atoms with E-state index in [0.29, 0.717) is 12.1 Å². The predicted molar refractivity (Wildman–Crippen MR) is 65.3 cm³/mol. The number of carboxylic acid groups (broad SMARTS) is 1. The van der Waals surface area contributed by atoms with Crippen LogP contribution < -0.4 is 5.32 Å². The first-order chi connectivity index (χ1) is 8.13. The van der Waals surface area contributed by atoms with Crippen LogP contribution in [0.4, 0.5) is 0 Å². The summed E-state index contributed by atoms with van der Waals surface area (Å²) >= 11 is 3.02. The van der Waals surface area contributed by atoms with Crippen molar-refractivity contribution in [3.63, 3.8) is 0 Å². The van der Waals surface area contributed by atoms with Gasteiger partial charge >= 0.3 is 5.97 Å². The highest BCUT2D eigenvalue weighted by molar-refractivity contribution is 8.01. The first-order valence-corrected chi connectivity index (χ1v) is 7.08. The van der Waals surface area contributed by atoms with Crippen molar-refractivity contribution in [3.05, 3.63) is 11.1 Å². The van der Waals surface area contributed by atoms with E-state index >= 15 is 0 Å². The molecule has 1 fully saturated rings. The monoisotopic (exact) mass is 272 g/mol. The summed E-state index contributed by atoms with van der Waals surface area (Å²) in [7, 11) is 0. The quantitative estimate of drug-likeness (QED) is 0.786. The van der Waals surface area contributed by atoms with Crippen molar-refractivity contribution in [2.45, 2.75) is 29.6 Å². The molecule has 7 heteroatoms. The molecule has 1 aromatic rings. The van der Waals surface area contributed by atoms with Crippen molar-refractivity contribution in [3.8, 4) is 0 Å². The molecule has 1 amide bonds. The number of carboxylic acids is 1. The van der Waals surface area contributed by atoms with E-state index in [1.54, 1.807) is 17.1 Å². The van der Waals surface area contributed by atoms with Crippen molar-refractivity contribution < 1.29 is 14.7 Å². The van der Waals surface area contributed by atoms with Gasteiger partial charge in [-0.1, -0.05) is 11.8 Å². The second kappa shape index (κ2) is 5.50. The molecule has 1 atom stereocenters. The Bertz CT molecular complexity index is 433. The maximum absolute atomic E-state index is 11.0. The molecule has 0 radical (unpaired) electrons. The SMILES string of the molecule is O=C(O)Cc1csc(SCC2CCC(=O)N2)n1. The van der Waals surface area contributed by atoms with Crippen LogP contribution in [0.25, 0.3) is 0 Å². The second-order valence-electron chi connectivity index (χ2n) is 3.79. The van der Waals surface area contributed by atoms with Gasteiger partial charge in [0.2, 0.25) is 5.91 Å². The summed E-state index contributed by atoms with van der Waals surface area (Å²) in [6.45, 7) is 0. The molecule has 2 rings (SSSR count). The van der Waals surface area contributed by atoms with E-state index in [1.165, 1.54) is 11.3 Å². The van der Waals surface area contributed by atoms with Crippen molar-refractivity contribution in [2.75, 3.05) is 5.75 Å². The number of nitrogens with one attached hydrogen (secondary N) is 1. The number of hydrogen-bond acceptors (Lipinski definition) is 5. The molecule has 1 saturated heterocycles. The first kappa shape index (κ1) is 12.4. The average Bonchev–Trinajstić information content (AvgIpc) is 2.84. The number of carbonyl (C=O) groups excluding carboxylic acids is 1. The molecule has 2 heterocycles. The van der Waals surface area contributed by atoms with Crippen LogP contribution >= 0.6 is 23.1 Å². The minimum absolute atomic E-state index is 0.0305. The second-order valence-corrected chi connectivity index (χ2v) is 5.91. The topological polar surface area (TPSA) is 79.3 Å². The highest BCUT2D eigenvalue weighted by Crippen LogP contribution is 2.25.